The number of alkyl halides is 3. The van der Waals surface area contributed by atoms with Crippen molar-refractivity contribution in [1.29, 1.82) is 0 Å². The number of halogens is 3. The van der Waals surface area contributed by atoms with Gasteiger partial charge in [0, 0.05) is 18.0 Å². The van der Waals surface area contributed by atoms with Crippen molar-refractivity contribution in [2.45, 2.75) is 26.6 Å². The van der Waals surface area contributed by atoms with Gasteiger partial charge in [-0.25, -0.2) is 15.0 Å². The maximum absolute atomic E-state index is 12.4. The molecule has 1 N–H and O–H groups in total. The first-order chi connectivity index (χ1) is 15.7. The van der Waals surface area contributed by atoms with E-state index in [-0.39, 0.29) is 24.0 Å². The lowest BCUT2D eigenvalue weighted by molar-refractivity contribution is -0.176. The second-order valence-corrected chi connectivity index (χ2v) is 6.97. The number of imidazole rings is 1. The lowest BCUT2D eigenvalue weighted by Crippen LogP contribution is -2.17. The predicted molar refractivity (Wildman–Crippen MR) is 117 cm³/mol. The van der Waals surface area contributed by atoms with Crippen LogP contribution in [0.2, 0.25) is 0 Å². The number of nitrogens with one attached hydrogen (secondary N) is 1. The fraction of sp³-hybridized carbons (Fsp3) is 0.318. The summed E-state index contributed by atoms with van der Waals surface area (Å²) in [6.07, 6.45) is -0.887. The zero-order valence-electron chi connectivity index (χ0n) is 18.4. The fourth-order valence-corrected chi connectivity index (χ4v) is 2.94. The van der Waals surface area contributed by atoms with E-state index in [1.807, 2.05) is 23.8 Å². The Balaban J connectivity index is 1.87. The normalized spacial score (nSPS) is 11.3. The summed E-state index contributed by atoms with van der Waals surface area (Å²) < 4.78 is 54.8. The van der Waals surface area contributed by atoms with Crippen LogP contribution in [0.5, 0.6) is 5.75 Å². The molecule has 0 aliphatic heterocycles. The van der Waals surface area contributed by atoms with E-state index < -0.39 is 12.8 Å². The summed E-state index contributed by atoms with van der Waals surface area (Å²) in [5.41, 5.74) is 2.82. The topological polar surface area (TPSA) is 83.3 Å². The van der Waals surface area contributed by atoms with Crippen molar-refractivity contribution in [3.8, 4) is 11.4 Å². The van der Waals surface area contributed by atoms with Crippen molar-refractivity contribution in [2.75, 3.05) is 25.6 Å². The zero-order valence-corrected chi connectivity index (χ0v) is 18.4. The molecule has 8 nitrogen and oxygen atoms in total. The highest BCUT2D eigenvalue weighted by Crippen LogP contribution is 2.28. The molecular weight excluding hydrogens is 439 g/mol. The number of rotatable bonds is 10. The molecule has 2 heterocycles. The Morgan fingerprint density at radius 3 is 2.64 bits per heavy atom. The van der Waals surface area contributed by atoms with Gasteiger partial charge in [-0.15, -0.1) is 0 Å². The third-order valence-electron chi connectivity index (χ3n) is 4.32. The first-order valence-corrected chi connectivity index (χ1v) is 9.99. The average molecular weight is 463 g/mol. The molecule has 0 amide bonds. The number of aryl methyl sites for hydroxylation is 1. The van der Waals surface area contributed by atoms with E-state index >= 15 is 0 Å². The first-order valence-electron chi connectivity index (χ1n) is 9.99. The lowest BCUT2D eigenvalue weighted by atomic mass is 10.2. The highest BCUT2D eigenvalue weighted by atomic mass is 19.4. The summed E-state index contributed by atoms with van der Waals surface area (Å²) in [6.45, 7) is 6.10. The highest BCUT2D eigenvalue weighted by Gasteiger charge is 2.27. The van der Waals surface area contributed by atoms with Crippen LogP contribution in [0.15, 0.2) is 43.4 Å². The molecule has 0 unspecified atom stereocenters. The van der Waals surface area contributed by atoms with Crippen LogP contribution < -0.4 is 10.1 Å². The Bertz CT molecular complexity index is 1110. The van der Waals surface area contributed by atoms with Gasteiger partial charge < -0.3 is 24.1 Å². The van der Waals surface area contributed by atoms with Gasteiger partial charge in [-0.1, -0.05) is 6.58 Å². The van der Waals surface area contributed by atoms with Crippen LogP contribution in [-0.4, -0.2) is 46.0 Å². The van der Waals surface area contributed by atoms with E-state index in [0.717, 1.165) is 11.4 Å². The molecule has 3 rings (SSSR count). The van der Waals surface area contributed by atoms with E-state index in [4.69, 9.17) is 14.2 Å². The number of hydrogen-bond donors (Lipinski definition) is 1. The Kier molecular flexibility index (Phi) is 7.54. The minimum atomic E-state index is -4.43. The molecule has 0 bridgehead atoms. The quantitative estimate of drug-likeness (QED) is 0.432. The van der Waals surface area contributed by atoms with Gasteiger partial charge in [0.15, 0.2) is 0 Å². The highest BCUT2D eigenvalue weighted by molar-refractivity contribution is 5.63. The van der Waals surface area contributed by atoms with Gasteiger partial charge in [-0.3, -0.25) is 0 Å². The van der Waals surface area contributed by atoms with Gasteiger partial charge >= 0.3 is 6.18 Å². The summed E-state index contributed by atoms with van der Waals surface area (Å²) in [5, 5.41) is 3.05. The van der Waals surface area contributed by atoms with Gasteiger partial charge in [-0.2, -0.15) is 13.2 Å². The summed E-state index contributed by atoms with van der Waals surface area (Å²) >= 11 is 0. The maximum atomic E-state index is 12.4. The number of nitrogens with zero attached hydrogens (tertiary/aromatic N) is 4. The standard InChI is InChI=1S/C22H24F3N5O3/c1-5-33-15(3)18-8-17(11-32-12-22(23,24)25)28-21(29-18)27-16-6-7-19(20(9-16)31-4)30-10-14(2)26-13-30/h6-10,13H,3,5,11-12H2,1-2,4H3,(H,27,28,29). The molecule has 0 radical (unpaired) electrons. The van der Waals surface area contributed by atoms with Gasteiger partial charge in [0.25, 0.3) is 0 Å². The molecule has 11 heteroatoms. The van der Waals surface area contributed by atoms with E-state index in [2.05, 4.69) is 26.8 Å². The number of aromatic nitrogens is 4. The number of anilines is 2. The molecule has 176 valence electrons. The molecule has 1 aromatic carbocycles. The van der Waals surface area contributed by atoms with E-state index in [1.165, 1.54) is 6.07 Å². The van der Waals surface area contributed by atoms with Crippen LogP contribution in [0, 0.1) is 6.92 Å². The van der Waals surface area contributed by atoms with Gasteiger partial charge in [0.05, 0.1) is 43.7 Å². The van der Waals surface area contributed by atoms with Gasteiger partial charge in [-0.05, 0) is 32.0 Å². The van der Waals surface area contributed by atoms with Crippen LogP contribution in [0.4, 0.5) is 24.8 Å². The van der Waals surface area contributed by atoms with Gasteiger partial charge in [0.2, 0.25) is 5.95 Å². The van der Waals surface area contributed by atoms with Crippen LogP contribution in [0.3, 0.4) is 0 Å². The monoisotopic (exact) mass is 463 g/mol. The number of benzene rings is 1. The third kappa shape index (κ3) is 6.69. The SMILES string of the molecule is C=C(OCC)c1cc(COCC(F)(F)F)nc(Nc2ccc(-n3cnc(C)c3)c(OC)c2)n1. The smallest absolute Gasteiger partial charge is 0.411 e. The number of hydrogen-bond acceptors (Lipinski definition) is 7. The molecule has 33 heavy (non-hydrogen) atoms. The van der Waals surface area contributed by atoms with Crippen molar-refractivity contribution >= 4 is 17.4 Å². The second-order valence-electron chi connectivity index (χ2n) is 6.97. The summed E-state index contributed by atoms with van der Waals surface area (Å²) in [5.74, 6) is 0.983. The minimum Gasteiger partial charge on any atom is -0.494 e. The molecule has 0 fully saturated rings. The third-order valence-corrected chi connectivity index (χ3v) is 4.32. The van der Waals surface area contributed by atoms with Crippen LogP contribution in [-0.2, 0) is 16.1 Å². The number of methoxy groups -OCH3 is 1. The Morgan fingerprint density at radius 1 is 1.21 bits per heavy atom. The molecule has 0 aliphatic carbocycles. The molecule has 2 aromatic heterocycles. The average Bonchev–Trinajstić information content (AvgIpc) is 3.18. The van der Waals surface area contributed by atoms with E-state index in [1.54, 1.807) is 32.5 Å². The molecule has 0 saturated heterocycles. The van der Waals surface area contributed by atoms with Crippen molar-refractivity contribution < 1.29 is 27.4 Å². The molecular formula is C22H24F3N5O3. The molecule has 0 saturated carbocycles. The minimum absolute atomic E-state index is 0.146. The fourth-order valence-electron chi connectivity index (χ4n) is 2.94. The number of ether oxygens (including phenoxy) is 3. The summed E-state index contributed by atoms with van der Waals surface area (Å²) in [7, 11) is 1.55. The van der Waals surface area contributed by atoms with Crippen LogP contribution >= 0.6 is 0 Å². The lowest BCUT2D eigenvalue weighted by Gasteiger charge is -2.14. The Hall–Kier alpha value is -3.60. The van der Waals surface area contributed by atoms with Crippen molar-refractivity contribution in [2.24, 2.45) is 0 Å². The van der Waals surface area contributed by atoms with E-state index in [9.17, 15) is 13.2 Å². The van der Waals surface area contributed by atoms with E-state index in [0.29, 0.717) is 23.7 Å². The van der Waals surface area contributed by atoms with Crippen LogP contribution in [0.1, 0.15) is 24.0 Å². The Labute approximate surface area is 189 Å². The molecule has 0 atom stereocenters. The van der Waals surface area contributed by atoms with Crippen molar-refractivity contribution in [3.05, 3.63) is 60.5 Å². The molecule has 3 aromatic rings. The molecule has 0 aliphatic rings. The summed E-state index contributed by atoms with van der Waals surface area (Å²) in [6, 6.07) is 6.85. The zero-order chi connectivity index (χ0) is 24.0. The van der Waals surface area contributed by atoms with Crippen molar-refractivity contribution in [3.63, 3.8) is 0 Å². The second kappa shape index (κ2) is 10.3. The predicted octanol–water partition coefficient (Wildman–Crippen LogP) is 4.81. The van der Waals surface area contributed by atoms with Crippen LogP contribution in [0.25, 0.3) is 11.4 Å². The largest absolute Gasteiger partial charge is 0.494 e. The Morgan fingerprint density at radius 2 is 2.00 bits per heavy atom. The summed E-state index contributed by atoms with van der Waals surface area (Å²) in [4.78, 5) is 12.8. The van der Waals surface area contributed by atoms with Crippen molar-refractivity contribution in [1.82, 2.24) is 19.5 Å². The maximum Gasteiger partial charge on any atom is 0.411 e. The first kappa shape index (κ1) is 24.1. The molecule has 0 spiro atoms. The van der Waals surface area contributed by atoms with Gasteiger partial charge in [0.1, 0.15) is 23.8 Å².